The lowest BCUT2D eigenvalue weighted by atomic mass is 9.86. The number of nitrogens with zero attached hydrogens (tertiary/aromatic N) is 2. The van der Waals surface area contributed by atoms with Gasteiger partial charge in [0.05, 0.1) is 24.3 Å². The molecule has 4 rings (SSSR count). The lowest BCUT2D eigenvalue weighted by Gasteiger charge is -2.18. The van der Waals surface area contributed by atoms with Crippen LogP contribution in [0.4, 0.5) is 0 Å². The smallest absolute Gasteiger partial charge is 0.251 e. The fourth-order valence-corrected chi connectivity index (χ4v) is 6.56. The molecule has 0 unspecified atom stereocenters. The average molecular weight is 446 g/mol. The van der Waals surface area contributed by atoms with Crippen molar-refractivity contribution in [1.82, 2.24) is 14.9 Å². The molecule has 1 aromatic carbocycles. The van der Waals surface area contributed by atoms with E-state index in [0.29, 0.717) is 31.0 Å². The van der Waals surface area contributed by atoms with E-state index >= 15 is 0 Å². The highest BCUT2D eigenvalue weighted by Crippen LogP contribution is 2.40. The molecule has 8 nitrogen and oxygen atoms in total. The number of hydrogen-bond donors (Lipinski definition) is 1. The van der Waals surface area contributed by atoms with Crippen LogP contribution in [0.5, 0.6) is 5.75 Å². The van der Waals surface area contributed by atoms with Gasteiger partial charge in [0, 0.05) is 37.4 Å². The number of ether oxygens (including phenoxy) is 1. The van der Waals surface area contributed by atoms with Gasteiger partial charge < -0.3 is 14.6 Å². The lowest BCUT2D eigenvalue weighted by molar-refractivity contribution is -0.131. The molecule has 1 aromatic heterocycles. The molecule has 2 aliphatic rings. The summed E-state index contributed by atoms with van der Waals surface area (Å²) in [5.41, 5.74) is 1.50. The molecule has 0 aliphatic carbocycles. The third-order valence-electron chi connectivity index (χ3n) is 6.27. The summed E-state index contributed by atoms with van der Waals surface area (Å²) in [7, 11) is -1.41. The number of H-pyrrole nitrogens is 1. The number of sulfone groups is 1. The summed E-state index contributed by atoms with van der Waals surface area (Å²) >= 11 is 0. The van der Waals surface area contributed by atoms with Crippen LogP contribution in [0.25, 0.3) is 0 Å². The highest BCUT2D eigenvalue weighted by Gasteiger charge is 2.39. The minimum Gasteiger partial charge on any atom is -0.497 e. The van der Waals surface area contributed by atoms with Crippen LogP contribution in [0.15, 0.2) is 35.1 Å². The van der Waals surface area contributed by atoms with Gasteiger partial charge in [-0.25, -0.2) is 13.4 Å². The molecule has 2 saturated heterocycles. The number of amides is 1. The van der Waals surface area contributed by atoms with Crippen molar-refractivity contribution in [3.63, 3.8) is 0 Å². The molecule has 2 fully saturated rings. The summed E-state index contributed by atoms with van der Waals surface area (Å²) in [6, 6.07) is 9.24. The Labute approximate surface area is 181 Å². The number of benzene rings is 1. The van der Waals surface area contributed by atoms with Gasteiger partial charge in [-0.3, -0.25) is 9.59 Å². The number of methoxy groups -OCH3 is 1. The molecule has 0 radical (unpaired) electrons. The summed E-state index contributed by atoms with van der Waals surface area (Å²) in [4.78, 5) is 34.1. The minimum atomic E-state index is -3.02. The quantitative estimate of drug-likeness (QED) is 0.749. The monoisotopic (exact) mass is 445 g/mol. The van der Waals surface area contributed by atoms with Crippen LogP contribution in [0.3, 0.4) is 0 Å². The van der Waals surface area contributed by atoms with Crippen molar-refractivity contribution < 1.29 is 17.9 Å². The van der Waals surface area contributed by atoms with Crippen molar-refractivity contribution in [2.75, 3.05) is 31.7 Å². The Morgan fingerprint density at radius 2 is 1.94 bits per heavy atom. The van der Waals surface area contributed by atoms with E-state index in [1.807, 2.05) is 24.3 Å². The standard InChI is InChI=1S/C22H27N3O5S/c1-14-23-20(10-21(26)24-14)19-12-25(22(27)9-15-7-8-31(28,29)13-15)11-18(19)16-3-5-17(30-2)6-4-16/h3-6,10,15,18-19H,7-9,11-13H2,1-2H3,(H,23,24,26)/t15-,18-,19+/m0/s1. The van der Waals surface area contributed by atoms with E-state index in [1.165, 1.54) is 6.07 Å². The van der Waals surface area contributed by atoms with Gasteiger partial charge in [-0.1, -0.05) is 12.1 Å². The van der Waals surface area contributed by atoms with Gasteiger partial charge >= 0.3 is 0 Å². The molecule has 0 bridgehead atoms. The number of carbonyl (C=O) groups excluding carboxylic acids is 1. The summed E-state index contributed by atoms with van der Waals surface area (Å²) < 4.78 is 28.8. The summed E-state index contributed by atoms with van der Waals surface area (Å²) in [6.45, 7) is 2.69. The highest BCUT2D eigenvalue weighted by molar-refractivity contribution is 7.91. The van der Waals surface area contributed by atoms with E-state index in [4.69, 9.17) is 4.74 Å². The second-order valence-corrected chi connectivity index (χ2v) is 10.7. The maximum atomic E-state index is 13.0. The molecular formula is C22H27N3O5S. The summed E-state index contributed by atoms with van der Waals surface area (Å²) in [5.74, 6) is 1.25. The zero-order valence-corrected chi connectivity index (χ0v) is 18.5. The van der Waals surface area contributed by atoms with Crippen LogP contribution in [-0.4, -0.2) is 60.9 Å². The number of nitrogens with one attached hydrogen (secondary N) is 1. The van der Waals surface area contributed by atoms with Crippen LogP contribution >= 0.6 is 0 Å². The first-order valence-corrected chi connectivity index (χ1v) is 12.3. The van der Waals surface area contributed by atoms with E-state index in [0.717, 1.165) is 11.3 Å². The topological polar surface area (TPSA) is 109 Å². The van der Waals surface area contributed by atoms with E-state index in [2.05, 4.69) is 9.97 Å². The van der Waals surface area contributed by atoms with Crippen LogP contribution in [0.1, 0.15) is 41.8 Å². The number of carbonyl (C=O) groups is 1. The Balaban J connectivity index is 1.59. The van der Waals surface area contributed by atoms with Gasteiger partial charge in [0.25, 0.3) is 5.56 Å². The molecule has 3 heterocycles. The van der Waals surface area contributed by atoms with Crippen LogP contribution < -0.4 is 10.3 Å². The van der Waals surface area contributed by atoms with E-state index in [-0.39, 0.29) is 47.1 Å². The molecule has 1 amide bonds. The Morgan fingerprint density at radius 1 is 1.23 bits per heavy atom. The number of rotatable bonds is 5. The zero-order valence-electron chi connectivity index (χ0n) is 17.7. The van der Waals surface area contributed by atoms with Crippen molar-refractivity contribution in [2.24, 2.45) is 5.92 Å². The fourth-order valence-electron chi connectivity index (χ4n) is 4.70. The summed E-state index contributed by atoms with van der Waals surface area (Å²) in [6.07, 6.45) is 0.783. The first-order chi connectivity index (χ1) is 14.7. The highest BCUT2D eigenvalue weighted by atomic mass is 32.2. The van der Waals surface area contributed by atoms with Crippen molar-refractivity contribution in [3.8, 4) is 5.75 Å². The van der Waals surface area contributed by atoms with Gasteiger partial charge in [-0.2, -0.15) is 0 Å². The average Bonchev–Trinajstić information content (AvgIpc) is 3.31. The molecule has 9 heteroatoms. The number of hydrogen-bond acceptors (Lipinski definition) is 6. The Kier molecular flexibility index (Phi) is 5.88. The van der Waals surface area contributed by atoms with Gasteiger partial charge in [-0.05, 0) is 37.0 Å². The number of likely N-dealkylation sites (tertiary alicyclic amines) is 1. The third kappa shape index (κ3) is 4.81. The molecule has 31 heavy (non-hydrogen) atoms. The number of aromatic nitrogens is 2. The van der Waals surface area contributed by atoms with E-state index in [9.17, 15) is 18.0 Å². The first-order valence-electron chi connectivity index (χ1n) is 10.4. The molecule has 2 aliphatic heterocycles. The second kappa shape index (κ2) is 8.45. The van der Waals surface area contributed by atoms with Gasteiger partial charge in [0.1, 0.15) is 11.6 Å². The van der Waals surface area contributed by atoms with E-state index < -0.39 is 9.84 Å². The predicted molar refractivity (Wildman–Crippen MR) is 116 cm³/mol. The molecule has 1 N–H and O–H groups in total. The first kappa shape index (κ1) is 21.5. The SMILES string of the molecule is COc1ccc([C@@H]2CN(C(=O)C[C@@H]3CCS(=O)(=O)C3)C[C@H]2c2cc(=O)[nH]c(C)n2)cc1. The third-order valence-corrected chi connectivity index (χ3v) is 8.10. The maximum Gasteiger partial charge on any atom is 0.251 e. The maximum absolute atomic E-state index is 13.0. The van der Waals surface area contributed by atoms with E-state index in [1.54, 1.807) is 18.9 Å². The molecule has 2 aromatic rings. The Morgan fingerprint density at radius 3 is 2.55 bits per heavy atom. The minimum absolute atomic E-state index is 0.0177. The molecule has 0 saturated carbocycles. The zero-order chi connectivity index (χ0) is 22.2. The Hall–Kier alpha value is -2.68. The molecule has 0 spiro atoms. The Bertz CT molecular complexity index is 1130. The van der Waals surface area contributed by atoms with Crippen LogP contribution in [0.2, 0.25) is 0 Å². The largest absolute Gasteiger partial charge is 0.497 e. The van der Waals surface area contributed by atoms with Crippen molar-refractivity contribution >= 4 is 15.7 Å². The molecule has 3 atom stereocenters. The summed E-state index contributed by atoms with van der Waals surface area (Å²) in [5, 5.41) is 0. The van der Waals surface area contributed by atoms with Gasteiger partial charge in [-0.15, -0.1) is 0 Å². The number of aromatic amines is 1. The lowest BCUT2D eigenvalue weighted by Crippen LogP contribution is -2.30. The second-order valence-electron chi connectivity index (χ2n) is 8.51. The van der Waals surface area contributed by atoms with Crippen molar-refractivity contribution in [1.29, 1.82) is 0 Å². The fraction of sp³-hybridized carbons (Fsp3) is 0.500. The van der Waals surface area contributed by atoms with Gasteiger partial charge in [0.15, 0.2) is 9.84 Å². The van der Waals surface area contributed by atoms with Crippen LogP contribution in [-0.2, 0) is 14.6 Å². The van der Waals surface area contributed by atoms with Gasteiger partial charge in [0.2, 0.25) is 5.91 Å². The van der Waals surface area contributed by atoms with Crippen molar-refractivity contribution in [2.45, 2.75) is 31.6 Å². The number of aryl methyl sites for hydroxylation is 1. The predicted octanol–water partition coefficient (Wildman–Crippen LogP) is 1.62. The molecule has 166 valence electrons. The van der Waals surface area contributed by atoms with Crippen LogP contribution in [0, 0.1) is 12.8 Å². The normalized spacial score (nSPS) is 25.0. The molecular weight excluding hydrogens is 418 g/mol. The van der Waals surface area contributed by atoms with Crippen molar-refractivity contribution in [3.05, 3.63) is 57.8 Å².